The molecule has 1 heterocycles. The highest BCUT2D eigenvalue weighted by atomic mass is 32.2. The Balaban J connectivity index is 2.07. The first-order chi connectivity index (χ1) is 9.60. The summed E-state index contributed by atoms with van der Waals surface area (Å²) in [5.41, 5.74) is 1.35. The molecule has 0 saturated carbocycles. The van der Waals surface area contributed by atoms with Crippen LogP contribution in [0, 0.1) is 10.7 Å². The number of carbonyl (C=O) groups excluding carboxylic acids is 2. The van der Waals surface area contributed by atoms with E-state index in [-0.39, 0.29) is 11.7 Å². The van der Waals surface area contributed by atoms with E-state index in [4.69, 9.17) is 5.26 Å². The van der Waals surface area contributed by atoms with Crippen LogP contribution in [0.25, 0.3) is 0 Å². The van der Waals surface area contributed by atoms with E-state index in [0.717, 1.165) is 16.7 Å². The van der Waals surface area contributed by atoms with Crippen molar-refractivity contribution in [3.63, 3.8) is 0 Å². The van der Waals surface area contributed by atoms with Crippen molar-refractivity contribution in [3.05, 3.63) is 47.8 Å². The first-order valence-corrected chi connectivity index (χ1v) is 6.59. The fraction of sp³-hybridized carbons (Fsp3) is 0.0714. The van der Waals surface area contributed by atoms with Crippen molar-refractivity contribution in [3.8, 4) is 5.40 Å². The van der Waals surface area contributed by atoms with Gasteiger partial charge in [0.2, 0.25) is 0 Å². The number of nitriles is 1. The highest BCUT2D eigenvalue weighted by molar-refractivity contribution is 8.03. The molecule has 0 fully saturated rings. The zero-order chi connectivity index (χ0) is 14.5. The molecule has 0 aliphatic heterocycles. The summed E-state index contributed by atoms with van der Waals surface area (Å²) in [5.74, 6) is -0.444. The van der Waals surface area contributed by atoms with Gasteiger partial charge in [-0.2, -0.15) is 5.26 Å². The normalized spacial score (nSPS) is 9.80. The number of Topliss-reactive ketones (excluding diaryl/α,β-unsaturated/α-hetero) is 1. The molecule has 0 atom stereocenters. The number of amides is 1. The lowest BCUT2D eigenvalue weighted by Gasteiger charge is -2.04. The van der Waals surface area contributed by atoms with Crippen LogP contribution >= 0.6 is 11.8 Å². The van der Waals surface area contributed by atoms with Gasteiger partial charge in [0.15, 0.2) is 5.78 Å². The molecule has 0 radical (unpaired) electrons. The molecule has 2 rings (SSSR count). The third-order valence-corrected chi connectivity index (χ3v) is 3.18. The average Bonchev–Trinajstić information content (AvgIpc) is 2.91. The average molecular weight is 285 g/mol. The molecule has 0 saturated heterocycles. The van der Waals surface area contributed by atoms with Gasteiger partial charge in [-0.25, -0.2) is 0 Å². The van der Waals surface area contributed by atoms with Crippen LogP contribution in [0.5, 0.6) is 0 Å². The van der Waals surface area contributed by atoms with Crippen molar-refractivity contribution in [2.75, 3.05) is 5.32 Å². The van der Waals surface area contributed by atoms with Gasteiger partial charge in [0.05, 0.1) is 5.69 Å². The van der Waals surface area contributed by atoms with Crippen LogP contribution in [-0.2, 0) is 0 Å². The molecule has 2 N–H and O–H groups in total. The predicted molar refractivity (Wildman–Crippen MR) is 76.7 cm³/mol. The fourth-order valence-corrected chi connectivity index (χ4v) is 1.97. The number of nitrogens with one attached hydrogen (secondary N) is 2. The summed E-state index contributed by atoms with van der Waals surface area (Å²) in [6.07, 6.45) is 0. The van der Waals surface area contributed by atoms with E-state index in [1.807, 2.05) is 5.40 Å². The van der Waals surface area contributed by atoms with E-state index in [0.29, 0.717) is 17.1 Å². The Bertz CT molecular complexity index is 683. The number of nitrogens with zero attached hydrogens (tertiary/aromatic N) is 1. The number of anilines is 1. The van der Waals surface area contributed by atoms with Crippen LogP contribution in [0.2, 0.25) is 0 Å². The summed E-state index contributed by atoms with van der Waals surface area (Å²) in [7, 11) is 0. The first-order valence-electron chi connectivity index (χ1n) is 5.77. The van der Waals surface area contributed by atoms with Gasteiger partial charge in [-0.15, -0.1) is 0 Å². The van der Waals surface area contributed by atoms with Crippen LogP contribution < -0.4 is 5.32 Å². The lowest BCUT2D eigenvalue weighted by molar-refractivity contribution is 0.101. The quantitative estimate of drug-likeness (QED) is 0.513. The Kier molecular flexibility index (Phi) is 4.23. The van der Waals surface area contributed by atoms with Gasteiger partial charge >= 0.3 is 0 Å². The van der Waals surface area contributed by atoms with Gasteiger partial charge in [-0.3, -0.25) is 9.59 Å². The Labute approximate surface area is 120 Å². The van der Waals surface area contributed by atoms with Crippen LogP contribution in [0.3, 0.4) is 0 Å². The summed E-state index contributed by atoms with van der Waals surface area (Å²) in [4.78, 5) is 26.7. The second-order valence-electron chi connectivity index (χ2n) is 4.01. The SMILES string of the molecule is CC(=O)c1ccc(C(=O)Nc2ccc(SC#N)cc2)[nH]1. The summed E-state index contributed by atoms with van der Waals surface area (Å²) >= 11 is 1.05. The standard InChI is InChI=1S/C14H11N3O2S/c1-9(18)12-6-7-13(17-12)14(19)16-10-2-4-11(5-3-10)20-8-15/h2-7,17H,1H3,(H,16,19). The third kappa shape index (κ3) is 3.28. The van der Waals surface area contributed by atoms with Gasteiger partial charge in [0, 0.05) is 17.5 Å². The summed E-state index contributed by atoms with van der Waals surface area (Å²) in [6.45, 7) is 1.43. The largest absolute Gasteiger partial charge is 0.348 e. The smallest absolute Gasteiger partial charge is 0.272 e. The van der Waals surface area contributed by atoms with Crippen molar-refractivity contribution in [1.29, 1.82) is 5.26 Å². The molecule has 1 aromatic carbocycles. The molecule has 0 aliphatic carbocycles. The molecule has 5 nitrogen and oxygen atoms in total. The van der Waals surface area contributed by atoms with Crippen molar-refractivity contribution >= 4 is 29.1 Å². The van der Waals surface area contributed by atoms with Crippen LogP contribution in [0.1, 0.15) is 27.9 Å². The summed E-state index contributed by atoms with van der Waals surface area (Å²) in [6, 6.07) is 10.1. The molecule has 0 bridgehead atoms. The van der Waals surface area contributed by atoms with Crippen LogP contribution in [0.15, 0.2) is 41.3 Å². The van der Waals surface area contributed by atoms with E-state index in [1.54, 1.807) is 36.4 Å². The fourth-order valence-electron chi connectivity index (χ4n) is 1.59. The number of benzene rings is 1. The van der Waals surface area contributed by atoms with E-state index >= 15 is 0 Å². The molecule has 6 heteroatoms. The number of hydrogen-bond acceptors (Lipinski definition) is 4. The molecular formula is C14H11N3O2S. The zero-order valence-corrected chi connectivity index (χ0v) is 11.5. The Morgan fingerprint density at radius 2 is 1.80 bits per heavy atom. The second-order valence-corrected chi connectivity index (χ2v) is 4.87. The highest BCUT2D eigenvalue weighted by Crippen LogP contribution is 2.19. The Morgan fingerprint density at radius 3 is 2.35 bits per heavy atom. The molecule has 0 aliphatic rings. The zero-order valence-electron chi connectivity index (χ0n) is 10.6. The Hall–Kier alpha value is -2.52. The van der Waals surface area contributed by atoms with Gasteiger partial charge in [0.25, 0.3) is 5.91 Å². The number of hydrogen-bond donors (Lipinski definition) is 2. The number of aromatic amines is 1. The van der Waals surface area contributed by atoms with Crippen molar-refractivity contribution in [2.24, 2.45) is 0 Å². The maximum absolute atomic E-state index is 11.9. The monoisotopic (exact) mass is 285 g/mol. The molecule has 1 amide bonds. The summed E-state index contributed by atoms with van der Waals surface area (Å²) < 4.78 is 0. The van der Waals surface area contributed by atoms with E-state index in [2.05, 4.69) is 10.3 Å². The van der Waals surface area contributed by atoms with Crippen LogP contribution in [-0.4, -0.2) is 16.7 Å². The molecule has 0 spiro atoms. The third-order valence-electron chi connectivity index (χ3n) is 2.59. The number of H-pyrrole nitrogens is 1. The number of thiocyanates is 1. The van der Waals surface area contributed by atoms with Crippen molar-refractivity contribution < 1.29 is 9.59 Å². The van der Waals surface area contributed by atoms with Gasteiger partial charge in [-0.05, 0) is 48.2 Å². The maximum Gasteiger partial charge on any atom is 0.272 e. The summed E-state index contributed by atoms with van der Waals surface area (Å²) in [5, 5.41) is 13.2. The minimum absolute atomic E-state index is 0.123. The molecule has 20 heavy (non-hydrogen) atoms. The van der Waals surface area contributed by atoms with Gasteiger partial charge < -0.3 is 10.3 Å². The number of ketones is 1. The number of thioether (sulfide) groups is 1. The lowest BCUT2D eigenvalue weighted by Crippen LogP contribution is -2.12. The number of rotatable bonds is 4. The van der Waals surface area contributed by atoms with E-state index in [9.17, 15) is 9.59 Å². The van der Waals surface area contributed by atoms with Gasteiger partial charge in [0.1, 0.15) is 11.1 Å². The lowest BCUT2D eigenvalue weighted by atomic mass is 10.3. The van der Waals surface area contributed by atoms with E-state index in [1.165, 1.54) is 6.92 Å². The number of carbonyl (C=O) groups is 2. The second kappa shape index (κ2) is 6.08. The van der Waals surface area contributed by atoms with Crippen molar-refractivity contribution in [1.82, 2.24) is 4.98 Å². The molecular weight excluding hydrogens is 274 g/mol. The van der Waals surface area contributed by atoms with Gasteiger partial charge in [-0.1, -0.05) is 0 Å². The molecule has 0 unspecified atom stereocenters. The Morgan fingerprint density at radius 1 is 1.15 bits per heavy atom. The number of aromatic nitrogens is 1. The maximum atomic E-state index is 11.9. The van der Waals surface area contributed by atoms with Crippen molar-refractivity contribution in [2.45, 2.75) is 11.8 Å². The minimum atomic E-state index is -0.321. The predicted octanol–water partition coefficient (Wildman–Crippen LogP) is 3.04. The topological polar surface area (TPSA) is 85.8 Å². The highest BCUT2D eigenvalue weighted by Gasteiger charge is 2.10. The van der Waals surface area contributed by atoms with E-state index < -0.39 is 0 Å². The first kappa shape index (κ1) is 13.9. The van der Waals surface area contributed by atoms with Crippen LogP contribution in [0.4, 0.5) is 5.69 Å². The minimum Gasteiger partial charge on any atom is -0.348 e. The molecule has 2 aromatic rings. The molecule has 1 aromatic heterocycles. The molecule has 100 valence electrons.